The minimum atomic E-state index is -3.52. The van der Waals surface area contributed by atoms with Crippen molar-refractivity contribution in [1.82, 2.24) is 0 Å². The first-order valence-electron chi connectivity index (χ1n) is 13.0. The van der Waals surface area contributed by atoms with Crippen molar-refractivity contribution >= 4 is 15.8 Å². The molecule has 1 aliphatic carbocycles. The molecule has 0 bridgehead atoms. The molecule has 0 amide bonds. The zero-order valence-corrected chi connectivity index (χ0v) is 22.7. The highest BCUT2D eigenvalue weighted by Gasteiger charge is 2.32. The van der Waals surface area contributed by atoms with E-state index in [0.717, 1.165) is 33.4 Å². The Morgan fingerprint density at radius 1 is 1.13 bits per heavy atom. The largest absolute Gasteiger partial charge is 0.492 e. The second-order valence-electron chi connectivity index (χ2n) is 10.3. The highest BCUT2D eigenvalue weighted by Crippen LogP contribution is 2.45. The van der Waals surface area contributed by atoms with Gasteiger partial charge in [-0.3, -0.25) is 4.79 Å². The average Bonchev–Trinajstić information content (AvgIpc) is 3.48. The summed E-state index contributed by atoms with van der Waals surface area (Å²) in [6, 6.07) is 11.8. The molecular formula is C30H31FO7S. The van der Waals surface area contributed by atoms with Gasteiger partial charge in [0, 0.05) is 29.7 Å². The molecule has 0 radical (unpaired) electrons. The molecule has 1 aliphatic heterocycles. The van der Waals surface area contributed by atoms with Crippen LogP contribution in [0.5, 0.6) is 11.5 Å². The number of hydrogen-bond acceptors (Lipinski definition) is 6. The van der Waals surface area contributed by atoms with Gasteiger partial charge < -0.3 is 19.7 Å². The number of sulfone groups is 1. The van der Waals surface area contributed by atoms with Gasteiger partial charge in [-0.25, -0.2) is 12.8 Å². The molecule has 0 saturated carbocycles. The highest BCUT2D eigenvalue weighted by molar-refractivity contribution is 7.91. The summed E-state index contributed by atoms with van der Waals surface area (Å²) in [5.74, 6) is -0.451. The predicted octanol–water partition coefficient (Wildman–Crippen LogP) is 5.28. The van der Waals surface area contributed by atoms with Crippen LogP contribution in [0.25, 0.3) is 11.1 Å². The SMILES string of the molecule is Cc1cc(S(=O)(=O)CCCO)cc(C)c1-c1ccc(F)c2c1CC[C@H]2Oc1ccc2c(c1)OCC2CC(=O)O. The van der Waals surface area contributed by atoms with Crippen molar-refractivity contribution in [2.45, 2.75) is 56.4 Å². The second-order valence-corrected chi connectivity index (χ2v) is 12.4. The second kappa shape index (κ2) is 10.6. The summed E-state index contributed by atoms with van der Waals surface area (Å²) in [5, 5.41) is 18.2. The number of benzene rings is 3. The van der Waals surface area contributed by atoms with Gasteiger partial charge >= 0.3 is 5.97 Å². The third-order valence-corrected chi connectivity index (χ3v) is 9.33. The number of carboxylic acids is 1. The van der Waals surface area contributed by atoms with Gasteiger partial charge in [0.25, 0.3) is 0 Å². The van der Waals surface area contributed by atoms with Crippen LogP contribution in [0.2, 0.25) is 0 Å². The lowest BCUT2D eigenvalue weighted by Gasteiger charge is -2.19. The maximum absolute atomic E-state index is 15.2. The van der Waals surface area contributed by atoms with E-state index < -0.39 is 21.9 Å². The molecule has 2 atom stereocenters. The molecule has 5 rings (SSSR count). The summed E-state index contributed by atoms with van der Waals surface area (Å²) < 4.78 is 52.6. The predicted molar refractivity (Wildman–Crippen MR) is 144 cm³/mol. The van der Waals surface area contributed by atoms with Crippen molar-refractivity contribution < 1.29 is 37.3 Å². The molecule has 206 valence electrons. The van der Waals surface area contributed by atoms with E-state index >= 15 is 4.39 Å². The van der Waals surface area contributed by atoms with Gasteiger partial charge in [0.05, 0.1) is 23.7 Å². The van der Waals surface area contributed by atoms with Gasteiger partial charge in [-0.05, 0) is 85.2 Å². The van der Waals surface area contributed by atoms with Gasteiger partial charge in [0.15, 0.2) is 9.84 Å². The first kappa shape index (κ1) is 27.1. The van der Waals surface area contributed by atoms with Crippen LogP contribution in [0, 0.1) is 19.7 Å². The standard InChI is InChI=1S/C30H31FO7S/c1-17-12-21(39(35,36)11-3-10-32)13-18(2)29(17)23-6-8-25(31)30-24(23)7-9-26(30)38-20-4-5-22-19(14-28(33)34)16-37-27(22)15-20/h4-6,8,12-13,15,19,26,32H,3,7,9-11,14,16H2,1-2H3,(H,33,34)/t19?,26-/m1/s1. The molecule has 0 spiro atoms. The monoisotopic (exact) mass is 554 g/mol. The van der Waals surface area contributed by atoms with Crippen LogP contribution >= 0.6 is 0 Å². The molecule has 2 aliphatic rings. The molecular weight excluding hydrogens is 523 g/mol. The van der Waals surface area contributed by atoms with Crippen molar-refractivity contribution in [3.05, 3.63) is 76.1 Å². The lowest BCUT2D eigenvalue weighted by molar-refractivity contribution is -0.137. The fourth-order valence-electron chi connectivity index (χ4n) is 5.80. The van der Waals surface area contributed by atoms with Crippen LogP contribution < -0.4 is 9.47 Å². The van der Waals surface area contributed by atoms with E-state index in [2.05, 4.69) is 0 Å². The maximum atomic E-state index is 15.2. The van der Waals surface area contributed by atoms with E-state index in [9.17, 15) is 13.2 Å². The molecule has 39 heavy (non-hydrogen) atoms. The molecule has 0 aromatic heterocycles. The quantitative estimate of drug-likeness (QED) is 0.370. The van der Waals surface area contributed by atoms with Crippen LogP contribution in [-0.2, 0) is 21.1 Å². The smallest absolute Gasteiger partial charge is 0.304 e. The Balaban J connectivity index is 1.45. The van der Waals surface area contributed by atoms with Gasteiger partial charge in [-0.15, -0.1) is 0 Å². The summed E-state index contributed by atoms with van der Waals surface area (Å²) in [4.78, 5) is 11.4. The molecule has 3 aromatic rings. The van der Waals surface area contributed by atoms with Crippen molar-refractivity contribution in [3.8, 4) is 22.6 Å². The number of aryl methyl sites for hydroxylation is 2. The van der Waals surface area contributed by atoms with Gasteiger partial charge in [-0.1, -0.05) is 12.1 Å². The molecule has 1 unspecified atom stereocenters. The summed E-state index contributed by atoms with van der Waals surface area (Å²) in [6.07, 6.45) is 0.840. The molecule has 0 saturated heterocycles. The number of aliphatic carboxylic acids is 1. The van der Waals surface area contributed by atoms with Crippen molar-refractivity contribution in [3.63, 3.8) is 0 Å². The van der Waals surface area contributed by atoms with E-state index in [1.165, 1.54) is 6.07 Å². The highest BCUT2D eigenvalue weighted by atomic mass is 32.2. The first-order valence-corrected chi connectivity index (χ1v) is 14.7. The van der Waals surface area contributed by atoms with Crippen LogP contribution in [0.4, 0.5) is 4.39 Å². The molecule has 9 heteroatoms. The zero-order valence-electron chi connectivity index (χ0n) is 21.9. The van der Waals surface area contributed by atoms with Crippen LogP contribution in [0.15, 0.2) is 47.4 Å². The number of halogens is 1. The molecule has 0 fully saturated rings. The minimum Gasteiger partial charge on any atom is -0.492 e. The number of fused-ring (bicyclic) bond motifs is 2. The average molecular weight is 555 g/mol. The van der Waals surface area contributed by atoms with E-state index in [-0.39, 0.29) is 41.8 Å². The minimum absolute atomic E-state index is 0.00834. The number of hydrogen-bond donors (Lipinski definition) is 2. The summed E-state index contributed by atoms with van der Waals surface area (Å²) in [6.45, 7) is 3.82. The Hall–Kier alpha value is -3.43. The molecule has 1 heterocycles. The van der Waals surface area contributed by atoms with Gasteiger partial charge in [0.1, 0.15) is 23.4 Å². The Morgan fingerprint density at radius 3 is 2.56 bits per heavy atom. The lowest BCUT2D eigenvalue weighted by Crippen LogP contribution is -2.09. The van der Waals surface area contributed by atoms with Crippen molar-refractivity contribution in [2.75, 3.05) is 19.0 Å². The molecule has 7 nitrogen and oxygen atoms in total. The van der Waals surface area contributed by atoms with Gasteiger partial charge in [0.2, 0.25) is 0 Å². The fraction of sp³-hybridized carbons (Fsp3) is 0.367. The Morgan fingerprint density at radius 2 is 1.87 bits per heavy atom. The van der Waals surface area contributed by atoms with Crippen LogP contribution in [0.3, 0.4) is 0 Å². The number of rotatable bonds is 9. The summed E-state index contributed by atoms with van der Waals surface area (Å²) >= 11 is 0. The number of ether oxygens (including phenoxy) is 2. The molecule has 3 aromatic carbocycles. The Bertz CT molecular complexity index is 1520. The summed E-state index contributed by atoms with van der Waals surface area (Å²) in [7, 11) is -3.52. The number of carbonyl (C=O) groups is 1. The Labute approximate surface area is 227 Å². The third kappa shape index (κ3) is 5.25. The molecule has 2 N–H and O–H groups in total. The lowest BCUT2D eigenvalue weighted by atomic mass is 9.90. The van der Waals surface area contributed by atoms with Crippen LogP contribution in [-0.4, -0.2) is 43.6 Å². The fourth-order valence-corrected chi connectivity index (χ4v) is 7.26. The van der Waals surface area contributed by atoms with Crippen molar-refractivity contribution in [2.24, 2.45) is 0 Å². The van der Waals surface area contributed by atoms with E-state index in [1.807, 2.05) is 19.9 Å². The maximum Gasteiger partial charge on any atom is 0.304 e. The number of aliphatic hydroxyl groups excluding tert-OH is 1. The van der Waals surface area contributed by atoms with E-state index in [0.29, 0.717) is 36.5 Å². The normalized spacial score (nSPS) is 17.9. The third-order valence-electron chi connectivity index (χ3n) is 7.55. The Kier molecular flexibility index (Phi) is 7.39. The van der Waals surface area contributed by atoms with E-state index in [1.54, 1.807) is 30.3 Å². The summed E-state index contributed by atoms with van der Waals surface area (Å²) in [5.41, 5.74) is 5.48. The zero-order chi connectivity index (χ0) is 27.9. The van der Waals surface area contributed by atoms with Gasteiger partial charge in [-0.2, -0.15) is 0 Å². The van der Waals surface area contributed by atoms with E-state index in [4.69, 9.17) is 19.7 Å². The van der Waals surface area contributed by atoms with Crippen molar-refractivity contribution in [1.29, 1.82) is 0 Å². The number of aliphatic hydroxyl groups is 1. The topological polar surface area (TPSA) is 110 Å². The first-order chi connectivity index (χ1) is 18.6. The van der Waals surface area contributed by atoms with Crippen LogP contribution in [0.1, 0.15) is 59.1 Å². The number of carboxylic acid groups (broad SMARTS) is 1.